The Morgan fingerprint density at radius 3 is 2.48 bits per heavy atom. The number of benzene rings is 1. The highest BCUT2D eigenvalue weighted by Crippen LogP contribution is 2.21. The van der Waals surface area contributed by atoms with E-state index >= 15 is 0 Å². The number of pyridine rings is 1. The number of halogens is 1. The summed E-state index contributed by atoms with van der Waals surface area (Å²) in [6.07, 6.45) is 7.38. The van der Waals surface area contributed by atoms with Gasteiger partial charge in [-0.15, -0.1) is 11.6 Å². The van der Waals surface area contributed by atoms with E-state index in [0.29, 0.717) is 6.61 Å². The molecule has 23 heavy (non-hydrogen) atoms. The zero-order valence-corrected chi connectivity index (χ0v) is 14.9. The molecule has 0 spiro atoms. The lowest BCUT2D eigenvalue weighted by atomic mass is 10.1. The lowest BCUT2D eigenvalue weighted by molar-refractivity contribution is 0.307. The van der Waals surface area contributed by atoms with Crippen LogP contribution in [0.15, 0.2) is 42.6 Å². The highest BCUT2D eigenvalue weighted by Gasteiger charge is 2.03. The smallest absolute Gasteiger partial charge is 0.119 e. The van der Waals surface area contributed by atoms with E-state index in [0.717, 1.165) is 36.3 Å². The van der Waals surface area contributed by atoms with Gasteiger partial charge in [0.1, 0.15) is 5.75 Å². The average Bonchev–Trinajstić information content (AvgIpc) is 2.61. The van der Waals surface area contributed by atoms with Crippen molar-refractivity contribution in [3.05, 3.63) is 48.2 Å². The van der Waals surface area contributed by atoms with E-state index in [4.69, 9.17) is 16.3 Å². The predicted octanol–water partition coefficient (Wildman–Crippen LogP) is 5.88. The molecule has 0 bridgehead atoms. The topological polar surface area (TPSA) is 22.1 Å². The van der Waals surface area contributed by atoms with Gasteiger partial charge in [0.05, 0.1) is 12.3 Å². The molecular weight excluding hydrogens is 306 g/mol. The van der Waals surface area contributed by atoms with E-state index < -0.39 is 0 Å². The molecule has 3 heteroatoms. The van der Waals surface area contributed by atoms with E-state index in [1.165, 1.54) is 18.4 Å². The molecule has 0 saturated heterocycles. The monoisotopic (exact) mass is 331 g/mol. The molecule has 0 fully saturated rings. The standard InChI is InChI=1S/C20H26ClNO/c1-3-5-6-16-7-12-20(22-15-16)17-8-10-19(11-9-17)23-14-13-18(21)4-2/h7-12,15,18H,3-6,13-14H2,1-2H3. The number of ether oxygens (including phenoxy) is 1. The largest absolute Gasteiger partial charge is 0.494 e. The first-order valence-electron chi connectivity index (χ1n) is 8.55. The van der Waals surface area contributed by atoms with Gasteiger partial charge in [-0.1, -0.05) is 26.3 Å². The van der Waals surface area contributed by atoms with Crippen molar-refractivity contribution in [2.75, 3.05) is 6.61 Å². The van der Waals surface area contributed by atoms with Gasteiger partial charge in [-0.2, -0.15) is 0 Å². The number of unbranched alkanes of at least 4 members (excludes halogenated alkanes) is 1. The van der Waals surface area contributed by atoms with E-state index in [-0.39, 0.29) is 5.38 Å². The summed E-state index contributed by atoms with van der Waals surface area (Å²) in [5.74, 6) is 0.883. The second-order valence-corrected chi connectivity index (χ2v) is 6.44. The first-order valence-corrected chi connectivity index (χ1v) is 8.98. The van der Waals surface area contributed by atoms with E-state index in [1.54, 1.807) is 0 Å². The molecule has 1 aromatic carbocycles. The molecule has 0 aliphatic carbocycles. The molecule has 2 aromatic rings. The predicted molar refractivity (Wildman–Crippen MR) is 98.3 cm³/mol. The maximum Gasteiger partial charge on any atom is 0.119 e. The van der Waals surface area contributed by atoms with Crippen LogP contribution in [0.25, 0.3) is 11.3 Å². The Morgan fingerprint density at radius 2 is 1.87 bits per heavy atom. The van der Waals surface area contributed by atoms with Crippen molar-refractivity contribution in [2.45, 2.75) is 51.3 Å². The molecule has 1 heterocycles. The summed E-state index contributed by atoms with van der Waals surface area (Å²) in [5.41, 5.74) is 3.42. The van der Waals surface area contributed by atoms with Gasteiger partial charge in [0.25, 0.3) is 0 Å². The van der Waals surface area contributed by atoms with Gasteiger partial charge >= 0.3 is 0 Å². The van der Waals surface area contributed by atoms with Crippen LogP contribution < -0.4 is 4.74 Å². The molecule has 1 atom stereocenters. The fourth-order valence-corrected chi connectivity index (χ4v) is 2.44. The molecule has 0 saturated carbocycles. The second-order valence-electron chi connectivity index (χ2n) is 5.82. The summed E-state index contributed by atoms with van der Waals surface area (Å²) < 4.78 is 5.73. The number of aromatic nitrogens is 1. The summed E-state index contributed by atoms with van der Waals surface area (Å²) in [6, 6.07) is 12.4. The highest BCUT2D eigenvalue weighted by molar-refractivity contribution is 6.20. The zero-order chi connectivity index (χ0) is 16.5. The molecular formula is C20H26ClNO. The first kappa shape index (κ1) is 17.8. The Labute approximate surface area is 144 Å². The second kappa shape index (κ2) is 9.57. The number of hydrogen-bond donors (Lipinski definition) is 0. The molecule has 124 valence electrons. The Morgan fingerprint density at radius 1 is 1.09 bits per heavy atom. The van der Waals surface area contributed by atoms with Crippen molar-refractivity contribution in [2.24, 2.45) is 0 Å². The van der Waals surface area contributed by atoms with Crippen LogP contribution in [-0.2, 0) is 6.42 Å². The average molecular weight is 332 g/mol. The van der Waals surface area contributed by atoms with Crippen molar-refractivity contribution in [3.8, 4) is 17.0 Å². The van der Waals surface area contributed by atoms with Crippen LogP contribution in [0.2, 0.25) is 0 Å². The Hall–Kier alpha value is -1.54. The Balaban J connectivity index is 1.91. The van der Waals surface area contributed by atoms with Crippen molar-refractivity contribution >= 4 is 11.6 Å². The minimum absolute atomic E-state index is 0.199. The molecule has 2 rings (SSSR count). The molecule has 0 aliphatic heterocycles. The Bertz CT molecular complexity index is 565. The number of aryl methyl sites for hydroxylation is 1. The quantitative estimate of drug-likeness (QED) is 0.535. The number of nitrogens with zero attached hydrogens (tertiary/aromatic N) is 1. The minimum atomic E-state index is 0.199. The van der Waals surface area contributed by atoms with Crippen molar-refractivity contribution < 1.29 is 4.74 Å². The molecule has 0 N–H and O–H groups in total. The highest BCUT2D eigenvalue weighted by atomic mass is 35.5. The van der Waals surface area contributed by atoms with E-state index in [9.17, 15) is 0 Å². The van der Waals surface area contributed by atoms with Crippen LogP contribution in [0.1, 0.15) is 45.1 Å². The summed E-state index contributed by atoms with van der Waals surface area (Å²) in [6.45, 7) is 4.96. The molecule has 2 nitrogen and oxygen atoms in total. The van der Waals surface area contributed by atoms with E-state index in [1.807, 2.05) is 18.3 Å². The Kier molecular flexibility index (Phi) is 7.41. The number of rotatable bonds is 9. The summed E-state index contributed by atoms with van der Waals surface area (Å²) >= 11 is 6.09. The lowest BCUT2D eigenvalue weighted by Gasteiger charge is -2.09. The van der Waals surface area contributed by atoms with Crippen LogP contribution in [0.4, 0.5) is 0 Å². The molecule has 0 radical (unpaired) electrons. The van der Waals surface area contributed by atoms with Crippen molar-refractivity contribution in [1.82, 2.24) is 4.98 Å². The molecule has 0 aliphatic rings. The van der Waals surface area contributed by atoms with Crippen LogP contribution in [0, 0.1) is 0 Å². The minimum Gasteiger partial charge on any atom is -0.494 e. The maximum atomic E-state index is 6.09. The van der Waals surface area contributed by atoms with Gasteiger partial charge in [0, 0.05) is 17.1 Å². The van der Waals surface area contributed by atoms with Gasteiger partial charge in [0.2, 0.25) is 0 Å². The lowest BCUT2D eigenvalue weighted by Crippen LogP contribution is -2.05. The zero-order valence-electron chi connectivity index (χ0n) is 14.1. The van der Waals surface area contributed by atoms with Crippen molar-refractivity contribution in [3.63, 3.8) is 0 Å². The van der Waals surface area contributed by atoms with Crippen LogP contribution in [0.5, 0.6) is 5.75 Å². The summed E-state index contributed by atoms with van der Waals surface area (Å²) in [5, 5.41) is 0.199. The molecule has 1 aromatic heterocycles. The third kappa shape index (κ3) is 5.87. The maximum absolute atomic E-state index is 6.09. The van der Waals surface area contributed by atoms with Gasteiger partial charge in [0.15, 0.2) is 0 Å². The summed E-state index contributed by atoms with van der Waals surface area (Å²) in [7, 11) is 0. The normalized spacial score (nSPS) is 12.1. The first-order chi connectivity index (χ1) is 11.2. The van der Waals surface area contributed by atoms with Crippen molar-refractivity contribution in [1.29, 1.82) is 0 Å². The third-order valence-electron chi connectivity index (χ3n) is 3.94. The van der Waals surface area contributed by atoms with Crippen LogP contribution in [0.3, 0.4) is 0 Å². The molecule has 1 unspecified atom stereocenters. The third-order valence-corrected chi connectivity index (χ3v) is 4.46. The van der Waals surface area contributed by atoms with Gasteiger partial charge in [-0.05, 0) is 61.6 Å². The molecule has 0 amide bonds. The van der Waals surface area contributed by atoms with Gasteiger partial charge in [-0.3, -0.25) is 4.98 Å². The summed E-state index contributed by atoms with van der Waals surface area (Å²) in [4.78, 5) is 4.57. The van der Waals surface area contributed by atoms with Crippen LogP contribution >= 0.6 is 11.6 Å². The number of alkyl halides is 1. The van der Waals surface area contributed by atoms with Crippen LogP contribution in [-0.4, -0.2) is 17.0 Å². The number of hydrogen-bond acceptors (Lipinski definition) is 2. The van der Waals surface area contributed by atoms with E-state index in [2.05, 4.69) is 43.1 Å². The van der Waals surface area contributed by atoms with Gasteiger partial charge in [-0.25, -0.2) is 0 Å². The fraction of sp³-hybridized carbons (Fsp3) is 0.450. The SMILES string of the molecule is CCCCc1ccc(-c2ccc(OCCC(Cl)CC)cc2)nc1. The van der Waals surface area contributed by atoms with Gasteiger partial charge < -0.3 is 4.74 Å². The fourth-order valence-electron chi connectivity index (χ4n) is 2.35.